The number of carbonyl (C=O) groups is 4. The number of hydrogen-bond acceptors (Lipinski definition) is 18. The Morgan fingerprint density at radius 2 is 1.51 bits per heavy atom. The smallest absolute Gasteiger partial charge is 0.325 e. The van der Waals surface area contributed by atoms with Crippen molar-refractivity contribution in [3.05, 3.63) is 68.8 Å². The van der Waals surface area contributed by atoms with Gasteiger partial charge in [-0.25, -0.2) is 0 Å². The Labute approximate surface area is 346 Å². The lowest BCUT2D eigenvalue weighted by Crippen LogP contribution is -2.65. The number of carboxylic acids is 1. The van der Waals surface area contributed by atoms with Crippen LogP contribution >= 0.6 is 0 Å². The van der Waals surface area contributed by atoms with Gasteiger partial charge in [0, 0.05) is 28.3 Å². The number of ketones is 2. The topological polar surface area (TPSA) is 321 Å². The van der Waals surface area contributed by atoms with Gasteiger partial charge in [-0.2, -0.15) is 0 Å². The summed E-state index contributed by atoms with van der Waals surface area (Å²) in [5.74, 6) is -6.62. The van der Waals surface area contributed by atoms with Crippen molar-refractivity contribution in [1.82, 2.24) is 10.6 Å². The van der Waals surface area contributed by atoms with Gasteiger partial charge in [-0.1, -0.05) is 13.0 Å². The zero-order chi connectivity index (χ0) is 44.5. The second-order valence-corrected chi connectivity index (χ2v) is 15.4. The molecule has 61 heavy (non-hydrogen) atoms. The summed E-state index contributed by atoms with van der Waals surface area (Å²) >= 11 is 0. The molecule has 3 aromatic rings. The fourth-order valence-corrected chi connectivity index (χ4v) is 8.42. The molecule has 2 aliphatic carbocycles. The third-order valence-electron chi connectivity index (χ3n) is 11.5. The molecule has 328 valence electrons. The van der Waals surface area contributed by atoms with Gasteiger partial charge >= 0.3 is 5.97 Å². The molecule has 20 nitrogen and oxygen atoms in total. The van der Waals surface area contributed by atoms with Crippen molar-refractivity contribution < 1.29 is 88.8 Å². The third kappa shape index (κ3) is 7.27. The van der Waals surface area contributed by atoms with Crippen molar-refractivity contribution in [1.29, 1.82) is 0 Å². The van der Waals surface area contributed by atoms with E-state index in [1.807, 2.05) is 0 Å². The van der Waals surface area contributed by atoms with Gasteiger partial charge in [0.1, 0.15) is 71.8 Å². The molecular weight excluding hydrogens is 808 g/mol. The third-order valence-corrected chi connectivity index (χ3v) is 11.5. The highest BCUT2D eigenvalue weighted by atomic mass is 16.7. The minimum Gasteiger partial charge on any atom is -0.507 e. The summed E-state index contributed by atoms with van der Waals surface area (Å²) in [5, 5.41) is 105. The van der Waals surface area contributed by atoms with Gasteiger partial charge in [-0.15, -0.1) is 0 Å². The molecule has 2 aliphatic heterocycles. The number of methoxy groups -OCH3 is 1. The molecule has 0 saturated carbocycles. The second-order valence-electron chi connectivity index (χ2n) is 15.4. The maximum Gasteiger partial charge on any atom is 0.325 e. The minimum atomic E-state index is -1.89. The maximum absolute atomic E-state index is 14.1. The molecule has 20 heteroatoms. The summed E-state index contributed by atoms with van der Waals surface area (Å²) in [4.78, 5) is 53.4. The minimum absolute atomic E-state index is 0.0168. The molecule has 0 aromatic heterocycles. The van der Waals surface area contributed by atoms with Crippen LogP contribution in [0.3, 0.4) is 0 Å². The fraction of sp³-hybridized carbons (Fsp3) is 0.463. The fourth-order valence-electron chi connectivity index (χ4n) is 8.42. The number of aryl methyl sites for hydroxylation is 1. The Bertz CT molecular complexity index is 2300. The highest BCUT2D eigenvalue weighted by Crippen LogP contribution is 2.57. The van der Waals surface area contributed by atoms with Crippen molar-refractivity contribution in [2.24, 2.45) is 0 Å². The number of rotatable bonds is 10. The number of ether oxygens (including phenoxy) is 5. The van der Waals surface area contributed by atoms with Gasteiger partial charge < -0.3 is 80.3 Å². The van der Waals surface area contributed by atoms with Crippen LogP contribution in [0.2, 0.25) is 0 Å². The van der Waals surface area contributed by atoms with Crippen molar-refractivity contribution in [3.63, 3.8) is 0 Å². The van der Waals surface area contributed by atoms with Crippen LogP contribution in [0, 0.1) is 6.92 Å². The molecule has 2 saturated heterocycles. The standard InChI is InChI=1S/C41H46N2O18/c1-6-42-27-14(4)59-41(35(53)37(27)61-40-34(52)31(49)21(45)11-58-40)60-36-19-7-12(2)22(38(54)43-13(3)39(55)56)32(50)25(19)24-17(30(36)48)10-18-26(33(24)51)29(47)16-8-15(57-5)9-20(44)23(16)28(18)46/h7-10,13-14,21,27,30-31,34-37,40-42,44-45,48-53H,6,11H2,1-5H3,(H,43,54)(H,55,56)/t13-,14-,21-,27+,30+,31+,34-,35-,36+,37+,40-,41+/m1/s1. The lowest BCUT2D eigenvalue weighted by Gasteiger charge is -2.47. The number of nitrogens with one attached hydrogen (secondary N) is 2. The summed E-state index contributed by atoms with van der Waals surface area (Å²) in [6, 6.07) is 2.46. The normalized spacial score (nSPS) is 29.8. The van der Waals surface area contributed by atoms with Gasteiger partial charge in [0.2, 0.25) is 0 Å². The highest BCUT2D eigenvalue weighted by molar-refractivity contribution is 6.31. The Balaban J connectivity index is 1.37. The molecule has 1 amide bonds. The molecule has 2 fully saturated rings. The van der Waals surface area contributed by atoms with Crippen molar-refractivity contribution in [2.75, 3.05) is 20.3 Å². The maximum atomic E-state index is 14.1. The number of carboxylic acid groups (broad SMARTS) is 1. The van der Waals surface area contributed by atoms with Crippen molar-refractivity contribution in [3.8, 4) is 34.1 Å². The number of carbonyl (C=O) groups excluding carboxylic acids is 3. The molecule has 2 heterocycles. The van der Waals surface area contributed by atoms with Gasteiger partial charge in [-0.05, 0) is 56.1 Å². The first-order chi connectivity index (χ1) is 28.8. The van der Waals surface area contributed by atoms with E-state index in [1.165, 1.54) is 33.1 Å². The zero-order valence-electron chi connectivity index (χ0n) is 33.4. The first kappa shape index (κ1) is 43.8. The molecule has 0 bridgehead atoms. The number of hydrogen-bond donors (Lipinski definition) is 11. The van der Waals surface area contributed by atoms with E-state index in [2.05, 4.69) is 10.6 Å². The highest BCUT2D eigenvalue weighted by Gasteiger charge is 2.51. The first-order valence-electron chi connectivity index (χ1n) is 19.3. The number of benzene rings is 3. The molecule has 12 atom stereocenters. The summed E-state index contributed by atoms with van der Waals surface area (Å²) in [6.45, 7) is 5.90. The number of fused-ring (bicyclic) bond motifs is 5. The first-order valence-corrected chi connectivity index (χ1v) is 19.3. The van der Waals surface area contributed by atoms with Crippen LogP contribution in [0.5, 0.6) is 23.0 Å². The molecule has 0 unspecified atom stereocenters. The lowest BCUT2D eigenvalue weighted by molar-refractivity contribution is -0.339. The van der Waals surface area contributed by atoms with Crippen LogP contribution in [0.1, 0.15) is 91.9 Å². The number of aliphatic hydroxyl groups is 5. The van der Waals surface area contributed by atoms with E-state index in [0.29, 0.717) is 6.54 Å². The van der Waals surface area contributed by atoms with E-state index in [1.54, 1.807) is 13.8 Å². The van der Waals surface area contributed by atoms with Gasteiger partial charge in [0.25, 0.3) is 5.91 Å². The van der Waals surface area contributed by atoms with Gasteiger partial charge in [0.15, 0.2) is 24.1 Å². The number of aliphatic hydroxyl groups excluding tert-OH is 5. The Morgan fingerprint density at radius 3 is 2.16 bits per heavy atom. The number of aliphatic carboxylic acids is 1. The lowest BCUT2D eigenvalue weighted by atomic mass is 9.74. The van der Waals surface area contributed by atoms with Crippen LogP contribution in [0.4, 0.5) is 0 Å². The van der Waals surface area contributed by atoms with Crippen LogP contribution in [-0.2, 0) is 23.7 Å². The van der Waals surface area contributed by atoms with E-state index in [9.17, 15) is 65.1 Å². The summed E-state index contributed by atoms with van der Waals surface area (Å²) in [7, 11) is 1.27. The Hall–Kier alpha value is -5.26. The number of phenols is 3. The number of amides is 1. The molecule has 3 aromatic carbocycles. The molecule has 4 aliphatic rings. The summed E-state index contributed by atoms with van der Waals surface area (Å²) < 4.78 is 29.1. The number of aromatic hydroxyl groups is 3. The summed E-state index contributed by atoms with van der Waals surface area (Å²) in [6.07, 6.45) is -15.5. The van der Waals surface area contributed by atoms with Crippen molar-refractivity contribution >= 4 is 23.4 Å². The van der Waals surface area contributed by atoms with Crippen LogP contribution in [-0.4, -0.2) is 151 Å². The SMILES string of the molecule is CCN[C@@H]1[C@H](O[C@H]2OC[C@@H](O)[C@H](O)[C@H]2O)[C@@H](O)[C@H](O[C@H]2c3cc(C)c(C(=O)N[C@H](C)C(=O)O)c(O)c3-c3c(cc4c(c3O)C(=O)c3cc(OC)cc(O)c3C4=O)[C@@H]2O)O[C@@H]1C. The van der Waals surface area contributed by atoms with E-state index in [4.69, 9.17) is 23.7 Å². The average molecular weight is 855 g/mol. The molecular formula is C41H46N2O18. The van der Waals surface area contributed by atoms with Gasteiger partial charge in [-0.3, -0.25) is 19.2 Å². The van der Waals surface area contributed by atoms with E-state index < -0.39 is 149 Å². The summed E-state index contributed by atoms with van der Waals surface area (Å²) in [5.41, 5.74) is -3.34. The second kappa shape index (κ2) is 16.5. The predicted octanol–water partition coefficient (Wildman–Crippen LogP) is -0.222. The van der Waals surface area contributed by atoms with E-state index in [0.717, 1.165) is 12.1 Å². The molecule has 0 spiro atoms. The van der Waals surface area contributed by atoms with E-state index >= 15 is 0 Å². The molecule has 7 rings (SSSR count). The number of phenolic OH excluding ortho intramolecular Hbond substituents is 3. The molecule has 0 radical (unpaired) electrons. The molecule has 11 N–H and O–H groups in total. The predicted molar refractivity (Wildman–Crippen MR) is 205 cm³/mol. The Morgan fingerprint density at radius 1 is 0.852 bits per heavy atom. The van der Waals surface area contributed by atoms with Crippen LogP contribution in [0.15, 0.2) is 24.3 Å². The van der Waals surface area contributed by atoms with Crippen molar-refractivity contribution in [2.45, 2.75) is 101 Å². The largest absolute Gasteiger partial charge is 0.507 e. The Kier molecular flexibility index (Phi) is 11.9. The monoisotopic (exact) mass is 854 g/mol. The van der Waals surface area contributed by atoms with E-state index in [-0.39, 0.29) is 33.6 Å². The van der Waals surface area contributed by atoms with Crippen LogP contribution in [0.25, 0.3) is 11.1 Å². The average Bonchev–Trinajstić information content (AvgIpc) is 3.20. The number of likely N-dealkylation sites (N-methyl/N-ethyl adjacent to an activating group) is 1. The van der Waals surface area contributed by atoms with Crippen LogP contribution < -0.4 is 15.4 Å². The zero-order valence-corrected chi connectivity index (χ0v) is 33.4. The quantitative estimate of drug-likeness (QED) is 0.0982. The van der Waals surface area contributed by atoms with Gasteiger partial charge in [0.05, 0.1) is 42.6 Å².